The van der Waals surface area contributed by atoms with Gasteiger partial charge in [0.1, 0.15) is 5.82 Å². The number of hydrogen-bond donors (Lipinski definition) is 1. The van der Waals surface area contributed by atoms with Crippen molar-refractivity contribution in [3.8, 4) is 0 Å². The highest BCUT2D eigenvalue weighted by atomic mass is 15.4. The van der Waals surface area contributed by atoms with Crippen LogP contribution in [0.15, 0.2) is 29.4 Å². The molecule has 0 atom stereocenters. The maximum Gasteiger partial charge on any atom is 0.194 e. The zero-order chi connectivity index (χ0) is 18.8. The summed E-state index contributed by atoms with van der Waals surface area (Å²) in [7, 11) is 2.19. The van der Waals surface area contributed by atoms with Crippen molar-refractivity contribution in [3.63, 3.8) is 0 Å². The first kappa shape index (κ1) is 20.5. The third-order valence-electron chi connectivity index (χ3n) is 4.95. The van der Waals surface area contributed by atoms with E-state index in [-0.39, 0.29) is 0 Å². The van der Waals surface area contributed by atoms with Crippen LogP contribution in [0.1, 0.15) is 33.6 Å². The molecule has 1 aliphatic rings. The summed E-state index contributed by atoms with van der Waals surface area (Å²) in [5.41, 5.74) is 0. The number of aliphatic imine (C=N–C) groups is 1. The lowest BCUT2D eigenvalue weighted by Gasteiger charge is -2.37. The number of unbranched alkanes of at least 4 members (excludes halogenated alkanes) is 1. The molecular formula is C20H36N6. The number of rotatable bonds is 8. The Labute approximate surface area is 159 Å². The quantitative estimate of drug-likeness (QED) is 0.438. The van der Waals surface area contributed by atoms with Crippen molar-refractivity contribution in [2.45, 2.75) is 39.7 Å². The van der Waals surface area contributed by atoms with Crippen molar-refractivity contribution in [1.29, 1.82) is 0 Å². The minimum absolute atomic E-state index is 0.617. The molecule has 0 aliphatic carbocycles. The lowest BCUT2D eigenvalue weighted by atomic mass is 10.2. The molecule has 1 saturated heterocycles. The fourth-order valence-electron chi connectivity index (χ4n) is 3.03. The van der Waals surface area contributed by atoms with Crippen LogP contribution >= 0.6 is 0 Å². The fourth-order valence-corrected chi connectivity index (χ4v) is 3.03. The fraction of sp³-hybridized carbons (Fsp3) is 0.700. The molecule has 6 heteroatoms. The Balaban J connectivity index is 1.78. The normalized spacial score (nSPS) is 15.8. The summed E-state index contributed by atoms with van der Waals surface area (Å²) in [5.74, 6) is 2.13. The molecule has 1 aromatic rings. The van der Waals surface area contributed by atoms with Gasteiger partial charge in [-0.15, -0.1) is 0 Å². The van der Waals surface area contributed by atoms with E-state index >= 15 is 0 Å². The first-order valence-corrected chi connectivity index (χ1v) is 10.0. The molecule has 146 valence electrons. The molecule has 0 radical (unpaired) electrons. The number of piperazine rings is 1. The minimum Gasteiger partial charge on any atom is -0.357 e. The predicted octanol–water partition coefficient (Wildman–Crippen LogP) is 2.29. The van der Waals surface area contributed by atoms with Gasteiger partial charge < -0.3 is 20.0 Å². The molecule has 1 fully saturated rings. The van der Waals surface area contributed by atoms with E-state index in [0.29, 0.717) is 6.04 Å². The molecule has 2 rings (SSSR count). The molecule has 26 heavy (non-hydrogen) atoms. The van der Waals surface area contributed by atoms with E-state index in [9.17, 15) is 0 Å². The van der Waals surface area contributed by atoms with Crippen molar-refractivity contribution in [3.05, 3.63) is 24.4 Å². The molecule has 1 N–H and O–H groups in total. The summed E-state index contributed by atoms with van der Waals surface area (Å²) in [4.78, 5) is 16.4. The average Bonchev–Trinajstić information content (AvgIpc) is 2.67. The Bertz CT molecular complexity index is 522. The largest absolute Gasteiger partial charge is 0.357 e. The van der Waals surface area contributed by atoms with E-state index in [2.05, 4.69) is 65.0 Å². The predicted molar refractivity (Wildman–Crippen MR) is 111 cm³/mol. The smallest absolute Gasteiger partial charge is 0.194 e. The molecule has 6 nitrogen and oxygen atoms in total. The van der Waals surface area contributed by atoms with Gasteiger partial charge in [0.25, 0.3) is 0 Å². The van der Waals surface area contributed by atoms with Crippen molar-refractivity contribution < 1.29 is 0 Å². The molecule has 0 spiro atoms. The third kappa shape index (κ3) is 6.48. The van der Waals surface area contributed by atoms with Crippen LogP contribution in [0.2, 0.25) is 0 Å². The molecule has 0 unspecified atom stereocenters. The molecule has 1 aliphatic heterocycles. The molecular weight excluding hydrogens is 324 g/mol. The highest BCUT2D eigenvalue weighted by Crippen LogP contribution is 2.12. The second-order valence-electron chi connectivity index (χ2n) is 7.18. The van der Waals surface area contributed by atoms with Crippen LogP contribution < -0.4 is 10.2 Å². The standard InChI is InChI=1S/C20H36N6/c1-5-21-20(23-12-8-9-13-24(4)18(2)3)26-16-14-25(15-17-26)19-10-6-7-11-22-19/h6-7,10-11,18H,5,8-9,12-17H2,1-4H3,(H,21,23). The SMILES string of the molecule is CCNC(=NCCCCN(C)C(C)C)N1CCN(c2ccccn2)CC1. The first-order valence-electron chi connectivity index (χ1n) is 10.0. The van der Waals surface area contributed by atoms with Crippen molar-refractivity contribution in [2.24, 2.45) is 4.99 Å². The minimum atomic E-state index is 0.617. The van der Waals surface area contributed by atoms with E-state index in [1.54, 1.807) is 0 Å². The summed E-state index contributed by atoms with van der Waals surface area (Å²) >= 11 is 0. The van der Waals surface area contributed by atoms with Gasteiger partial charge in [-0.2, -0.15) is 0 Å². The number of nitrogens with zero attached hydrogens (tertiary/aromatic N) is 5. The van der Waals surface area contributed by atoms with Gasteiger partial charge in [-0.25, -0.2) is 4.98 Å². The third-order valence-corrected chi connectivity index (χ3v) is 4.95. The highest BCUT2D eigenvalue weighted by molar-refractivity contribution is 5.80. The Kier molecular flexibility index (Phi) is 8.68. The van der Waals surface area contributed by atoms with Gasteiger partial charge in [0.2, 0.25) is 0 Å². The maximum absolute atomic E-state index is 4.86. The molecule has 1 aromatic heterocycles. The Morgan fingerprint density at radius 3 is 2.62 bits per heavy atom. The van der Waals surface area contributed by atoms with E-state index in [1.807, 2.05) is 12.3 Å². The maximum atomic E-state index is 4.86. The molecule has 0 amide bonds. The average molecular weight is 361 g/mol. The molecule has 0 bridgehead atoms. The zero-order valence-corrected chi connectivity index (χ0v) is 17.0. The summed E-state index contributed by atoms with van der Waals surface area (Å²) < 4.78 is 0. The number of anilines is 1. The summed E-state index contributed by atoms with van der Waals surface area (Å²) in [5, 5.41) is 3.46. The first-order chi connectivity index (χ1) is 12.6. The number of nitrogens with one attached hydrogen (secondary N) is 1. The Morgan fingerprint density at radius 1 is 1.23 bits per heavy atom. The van der Waals surface area contributed by atoms with Gasteiger partial charge in [0, 0.05) is 51.5 Å². The highest BCUT2D eigenvalue weighted by Gasteiger charge is 2.20. The van der Waals surface area contributed by atoms with E-state index in [4.69, 9.17) is 4.99 Å². The van der Waals surface area contributed by atoms with Crippen molar-refractivity contribution in [2.75, 3.05) is 57.8 Å². The second-order valence-corrected chi connectivity index (χ2v) is 7.18. The number of pyridine rings is 1. The van der Waals surface area contributed by atoms with Crippen LogP contribution in [0.4, 0.5) is 5.82 Å². The van der Waals surface area contributed by atoms with Crippen molar-refractivity contribution in [1.82, 2.24) is 20.1 Å². The van der Waals surface area contributed by atoms with Crippen LogP contribution in [-0.4, -0.2) is 79.6 Å². The monoisotopic (exact) mass is 360 g/mol. The van der Waals surface area contributed by atoms with E-state index < -0.39 is 0 Å². The van der Waals surface area contributed by atoms with Gasteiger partial charge in [0.15, 0.2) is 5.96 Å². The van der Waals surface area contributed by atoms with Gasteiger partial charge in [-0.1, -0.05) is 6.07 Å². The number of guanidine groups is 1. The molecule has 2 heterocycles. The zero-order valence-electron chi connectivity index (χ0n) is 17.0. The van der Waals surface area contributed by atoms with Crippen LogP contribution in [0.5, 0.6) is 0 Å². The van der Waals surface area contributed by atoms with Gasteiger partial charge >= 0.3 is 0 Å². The van der Waals surface area contributed by atoms with Crippen LogP contribution in [-0.2, 0) is 0 Å². The lowest BCUT2D eigenvalue weighted by Crippen LogP contribution is -2.52. The molecule has 0 saturated carbocycles. The second kappa shape index (κ2) is 11.0. The molecule has 0 aromatic carbocycles. The number of aromatic nitrogens is 1. The Hall–Kier alpha value is -1.82. The number of hydrogen-bond acceptors (Lipinski definition) is 4. The van der Waals surface area contributed by atoms with Crippen molar-refractivity contribution >= 4 is 11.8 Å². The van der Waals surface area contributed by atoms with E-state index in [1.165, 1.54) is 6.42 Å². The lowest BCUT2D eigenvalue weighted by molar-refractivity contribution is 0.269. The van der Waals surface area contributed by atoms with Crippen LogP contribution in [0.3, 0.4) is 0 Å². The summed E-state index contributed by atoms with van der Waals surface area (Å²) in [6.45, 7) is 13.5. The van der Waals surface area contributed by atoms with E-state index in [0.717, 1.165) is 64.0 Å². The van der Waals surface area contributed by atoms with Crippen LogP contribution in [0.25, 0.3) is 0 Å². The summed E-state index contributed by atoms with van der Waals surface area (Å²) in [6, 6.07) is 6.72. The topological polar surface area (TPSA) is 47.0 Å². The Morgan fingerprint density at radius 2 is 2.00 bits per heavy atom. The van der Waals surface area contributed by atoms with Gasteiger partial charge in [0.05, 0.1) is 0 Å². The summed E-state index contributed by atoms with van der Waals surface area (Å²) in [6.07, 6.45) is 4.20. The van der Waals surface area contributed by atoms with Crippen LogP contribution in [0, 0.1) is 0 Å². The van der Waals surface area contributed by atoms with Gasteiger partial charge in [-0.3, -0.25) is 4.99 Å². The van der Waals surface area contributed by atoms with Gasteiger partial charge in [-0.05, 0) is 59.3 Å².